The number of nitrogens with one attached hydrogen (secondary N) is 1. The normalized spacial score (nSPS) is 15.3. The van der Waals surface area contributed by atoms with E-state index in [4.69, 9.17) is 19.3 Å². The number of aliphatic hydroxyl groups is 1. The monoisotopic (exact) mass is 456 g/mol. The van der Waals surface area contributed by atoms with Crippen LogP contribution in [0.2, 0.25) is 0 Å². The summed E-state index contributed by atoms with van der Waals surface area (Å²) in [6, 6.07) is 9.10. The molecule has 1 fully saturated rings. The predicted molar refractivity (Wildman–Crippen MR) is 119 cm³/mol. The van der Waals surface area contributed by atoms with Gasteiger partial charge in [0.2, 0.25) is 0 Å². The maximum Gasteiger partial charge on any atom is 0.270 e. The van der Waals surface area contributed by atoms with E-state index in [1.54, 1.807) is 38.2 Å². The number of hydrogen-bond acceptors (Lipinski definition) is 9. The van der Waals surface area contributed by atoms with Crippen molar-refractivity contribution in [2.45, 2.75) is 19.6 Å². The number of carbonyl (C=O) groups excluding carboxylic acids is 1. The second-order valence-corrected chi connectivity index (χ2v) is 7.21. The van der Waals surface area contributed by atoms with E-state index in [1.807, 2.05) is 24.3 Å². The van der Waals surface area contributed by atoms with Crippen molar-refractivity contribution >= 4 is 5.91 Å². The number of aliphatic hydroxyl groups excluding tert-OH is 1. The van der Waals surface area contributed by atoms with E-state index in [-0.39, 0.29) is 24.3 Å². The molecule has 3 heterocycles. The van der Waals surface area contributed by atoms with E-state index >= 15 is 0 Å². The first kappa shape index (κ1) is 24.2. The SMILES string of the molecule is COc1cccc(CNC(=O)c2cc(-c3ncn(C)n3)nc(C)n2)c1.OCC1COCCO1. The van der Waals surface area contributed by atoms with Crippen molar-refractivity contribution in [3.63, 3.8) is 0 Å². The van der Waals surface area contributed by atoms with Gasteiger partial charge in [-0.25, -0.2) is 15.0 Å². The van der Waals surface area contributed by atoms with Crippen LogP contribution in [0.5, 0.6) is 5.75 Å². The molecule has 1 unspecified atom stereocenters. The highest BCUT2D eigenvalue weighted by Gasteiger charge is 2.14. The summed E-state index contributed by atoms with van der Waals surface area (Å²) in [6.45, 7) is 3.99. The lowest BCUT2D eigenvalue weighted by atomic mass is 10.2. The largest absolute Gasteiger partial charge is 0.497 e. The van der Waals surface area contributed by atoms with Crippen LogP contribution in [0.1, 0.15) is 21.9 Å². The van der Waals surface area contributed by atoms with Crippen molar-refractivity contribution in [3.8, 4) is 17.3 Å². The summed E-state index contributed by atoms with van der Waals surface area (Å²) in [4.78, 5) is 25.1. The summed E-state index contributed by atoms with van der Waals surface area (Å²) in [6.07, 6.45) is 1.50. The molecule has 1 amide bonds. The molecule has 176 valence electrons. The van der Waals surface area contributed by atoms with Gasteiger partial charge in [-0.1, -0.05) is 12.1 Å². The summed E-state index contributed by atoms with van der Waals surface area (Å²) in [7, 11) is 3.38. The number of benzene rings is 1. The van der Waals surface area contributed by atoms with E-state index in [1.165, 1.54) is 0 Å². The third-order valence-corrected chi connectivity index (χ3v) is 4.58. The van der Waals surface area contributed by atoms with E-state index in [0.717, 1.165) is 11.3 Å². The molecule has 0 radical (unpaired) electrons. The number of hydrogen-bond donors (Lipinski definition) is 2. The van der Waals surface area contributed by atoms with Gasteiger partial charge < -0.3 is 24.6 Å². The lowest BCUT2D eigenvalue weighted by molar-refractivity contribution is -0.105. The molecule has 33 heavy (non-hydrogen) atoms. The molecular weight excluding hydrogens is 428 g/mol. The first-order valence-electron chi connectivity index (χ1n) is 10.4. The van der Waals surface area contributed by atoms with Crippen LogP contribution in [0.15, 0.2) is 36.7 Å². The standard InChI is InChI=1S/C17H18N6O2.C5H10O3/c1-11-20-14(16-19-10-23(2)22-16)8-15(21-11)17(24)18-9-12-5-4-6-13(7-12)25-3;6-3-5-4-7-1-2-8-5/h4-8,10H,9H2,1-3H3,(H,18,24);5-6H,1-4H2. The number of aryl methyl sites for hydroxylation is 2. The van der Waals surface area contributed by atoms with Crippen LogP contribution in [-0.4, -0.2) is 75.4 Å². The smallest absolute Gasteiger partial charge is 0.270 e. The summed E-state index contributed by atoms with van der Waals surface area (Å²) in [5.41, 5.74) is 1.72. The lowest BCUT2D eigenvalue weighted by Crippen LogP contribution is -2.31. The number of ether oxygens (including phenoxy) is 3. The summed E-state index contributed by atoms with van der Waals surface area (Å²) >= 11 is 0. The average molecular weight is 457 g/mol. The first-order chi connectivity index (χ1) is 16.0. The predicted octanol–water partition coefficient (Wildman–Crippen LogP) is 0.913. The van der Waals surface area contributed by atoms with Crippen LogP contribution < -0.4 is 10.1 Å². The Bertz CT molecular complexity index is 1050. The topological polar surface area (TPSA) is 134 Å². The van der Waals surface area contributed by atoms with Gasteiger partial charge in [0.25, 0.3) is 5.91 Å². The van der Waals surface area contributed by atoms with Gasteiger partial charge in [-0.2, -0.15) is 0 Å². The molecule has 4 rings (SSSR count). The molecule has 3 aromatic rings. The highest BCUT2D eigenvalue weighted by atomic mass is 16.6. The molecule has 1 atom stereocenters. The fraction of sp³-hybridized carbons (Fsp3) is 0.409. The van der Waals surface area contributed by atoms with Gasteiger partial charge >= 0.3 is 0 Å². The van der Waals surface area contributed by atoms with E-state index < -0.39 is 0 Å². The fourth-order valence-electron chi connectivity index (χ4n) is 2.95. The van der Waals surface area contributed by atoms with Gasteiger partial charge in [-0.05, 0) is 30.7 Å². The number of carbonyl (C=O) groups is 1. The molecule has 0 bridgehead atoms. The fourth-order valence-corrected chi connectivity index (χ4v) is 2.95. The third kappa shape index (κ3) is 7.31. The Kier molecular flexibility index (Phi) is 8.81. The van der Waals surface area contributed by atoms with Crippen molar-refractivity contribution in [2.75, 3.05) is 33.5 Å². The molecule has 2 N–H and O–H groups in total. The third-order valence-electron chi connectivity index (χ3n) is 4.58. The molecule has 0 spiro atoms. The Hall–Kier alpha value is -3.41. The van der Waals surface area contributed by atoms with Gasteiger partial charge in [0.1, 0.15) is 35.4 Å². The van der Waals surface area contributed by atoms with Crippen LogP contribution in [0.25, 0.3) is 11.5 Å². The van der Waals surface area contributed by atoms with Crippen LogP contribution in [0, 0.1) is 6.92 Å². The number of aromatic nitrogens is 5. The Morgan fingerprint density at radius 3 is 2.79 bits per heavy atom. The Morgan fingerprint density at radius 2 is 2.15 bits per heavy atom. The Balaban J connectivity index is 0.000000323. The molecule has 0 saturated carbocycles. The molecule has 2 aromatic heterocycles. The summed E-state index contributed by atoms with van der Waals surface area (Å²) < 4.78 is 16.8. The molecule has 11 heteroatoms. The molecule has 1 aliphatic rings. The van der Waals surface area contributed by atoms with Crippen molar-refractivity contribution in [2.24, 2.45) is 7.05 Å². The van der Waals surface area contributed by atoms with Crippen molar-refractivity contribution in [1.82, 2.24) is 30.0 Å². The zero-order valence-electron chi connectivity index (χ0n) is 18.9. The van der Waals surface area contributed by atoms with Crippen LogP contribution in [0.3, 0.4) is 0 Å². The number of methoxy groups -OCH3 is 1. The first-order valence-corrected chi connectivity index (χ1v) is 10.4. The molecule has 1 aliphatic heterocycles. The zero-order chi connectivity index (χ0) is 23.6. The van der Waals surface area contributed by atoms with Crippen molar-refractivity contribution < 1.29 is 24.1 Å². The molecule has 1 saturated heterocycles. The van der Waals surface area contributed by atoms with Gasteiger partial charge in [0, 0.05) is 13.6 Å². The maximum atomic E-state index is 12.4. The van der Waals surface area contributed by atoms with E-state index in [0.29, 0.717) is 43.7 Å². The van der Waals surface area contributed by atoms with Gasteiger partial charge in [-0.15, -0.1) is 5.10 Å². The quantitative estimate of drug-likeness (QED) is 0.555. The van der Waals surface area contributed by atoms with Crippen LogP contribution >= 0.6 is 0 Å². The minimum atomic E-state index is -0.287. The molecule has 11 nitrogen and oxygen atoms in total. The van der Waals surface area contributed by atoms with Gasteiger partial charge in [0.15, 0.2) is 5.82 Å². The van der Waals surface area contributed by atoms with Crippen molar-refractivity contribution in [3.05, 3.63) is 53.7 Å². The summed E-state index contributed by atoms with van der Waals surface area (Å²) in [5, 5.41) is 15.5. The summed E-state index contributed by atoms with van der Waals surface area (Å²) in [5.74, 6) is 1.39. The minimum absolute atomic E-state index is 0.0694. The second kappa shape index (κ2) is 12.0. The Morgan fingerprint density at radius 1 is 1.30 bits per heavy atom. The maximum absolute atomic E-state index is 12.4. The van der Waals surface area contributed by atoms with E-state index in [2.05, 4.69) is 25.4 Å². The molecular formula is C22H28N6O5. The molecule has 0 aliphatic carbocycles. The van der Waals surface area contributed by atoms with E-state index in [9.17, 15) is 4.79 Å². The minimum Gasteiger partial charge on any atom is -0.497 e. The van der Waals surface area contributed by atoms with Crippen molar-refractivity contribution in [1.29, 1.82) is 0 Å². The lowest BCUT2D eigenvalue weighted by Gasteiger charge is -2.20. The Labute approximate surface area is 191 Å². The number of rotatable bonds is 6. The highest BCUT2D eigenvalue weighted by molar-refractivity contribution is 5.93. The number of amides is 1. The van der Waals surface area contributed by atoms with Gasteiger partial charge in [0.05, 0.1) is 33.5 Å². The van der Waals surface area contributed by atoms with Gasteiger partial charge in [-0.3, -0.25) is 9.48 Å². The average Bonchev–Trinajstić information content (AvgIpc) is 3.29. The number of nitrogens with zero attached hydrogens (tertiary/aromatic N) is 5. The van der Waals surface area contributed by atoms with Crippen LogP contribution in [-0.2, 0) is 23.1 Å². The highest BCUT2D eigenvalue weighted by Crippen LogP contribution is 2.14. The zero-order valence-corrected chi connectivity index (χ0v) is 18.9. The van der Waals surface area contributed by atoms with Crippen LogP contribution in [0.4, 0.5) is 0 Å². The second-order valence-electron chi connectivity index (χ2n) is 7.21. The molecule has 1 aromatic carbocycles.